The maximum atomic E-state index is 5.18. The number of halogens is 2. The van der Waals surface area contributed by atoms with Crippen LogP contribution in [0.1, 0.15) is 18.5 Å². The van der Waals surface area contributed by atoms with Crippen LogP contribution in [-0.2, 0) is 17.8 Å². The number of likely N-dealkylation sites (tertiary alicyclic amines) is 1. The van der Waals surface area contributed by atoms with Gasteiger partial charge in [-0.1, -0.05) is 0 Å². The highest BCUT2D eigenvalue weighted by molar-refractivity contribution is 5.85. The minimum Gasteiger partial charge on any atom is -0.383 e. The molecule has 0 amide bonds. The molecule has 1 aromatic heterocycles. The smallest absolute Gasteiger partial charge is 0.0949 e. The van der Waals surface area contributed by atoms with Crippen LogP contribution in [0.3, 0.4) is 0 Å². The molecule has 0 unspecified atom stereocenters. The molecule has 0 radical (unpaired) electrons. The highest BCUT2D eigenvalue weighted by atomic mass is 35.5. The van der Waals surface area contributed by atoms with Crippen molar-refractivity contribution in [1.29, 1.82) is 0 Å². The predicted molar refractivity (Wildman–Crippen MR) is 97.6 cm³/mol. The van der Waals surface area contributed by atoms with Crippen molar-refractivity contribution in [2.75, 3.05) is 40.9 Å². The number of likely N-dealkylation sites (N-methyl/N-ethyl adjacent to an activating group) is 1. The zero-order valence-electron chi connectivity index (χ0n) is 14.4. The fourth-order valence-electron chi connectivity index (χ4n) is 3.66. The lowest BCUT2D eigenvalue weighted by Crippen LogP contribution is -2.36. The van der Waals surface area contributed by atoms with E-state index in [1.165, 1.54) is 31.6 Å². The van der Waals surface area contributed by atoms with Gasteiger partial charge >= 0.3 is 0 Å². The van der Waals surface area contributed by atoms with Gasteiger partial charge in [0.25, 0.3) is 0 Å². The van der Waals surface area contributed by atoms with Crippen LogP contribution >= 0.6 is 24.8 Å². The molecule has 1 aliphatic carbocycles. The summed E-state index contributed by atoms with van der Waals surface area (Å²) >= 11 is 0. The number of imidazole rings is 1. The van der Waals surface area contributed by atoms with Gasteiger partial charge in [0, 0.05) is 45.5 Å². The van der Waals surface area contributed by atoms with E-state index in [0.29, 0.717) is 6.04 Å². The molecule has 2 heterocycles. The summed E-state index contributed by atoms with van der Waals surface area (Å²) in [4.78, 5) is 9.33. The highest BCUT2D eigenvalue weighted by Crippen LogP contribution is 2.42. The summed E-state index contributed by atoms with van der Waals surface area (Å²) in [5.41, 5.74) is 1.31. The van der Waals surface area contributed by atoms with Crippen molar-refractivity contribution in [2.24, 2.45) is 11.8 Å². The van der Waals surface area contributed by atoms with E-state index in [1.54, 1.807) is 7.11 Å². The van der Waals surface area contributed by atoms with Crippen LogP contribution in [-0.4, -0.2) is 66.3 Å². The minimum atomic E-state index is 0. The lowest BCUT2D eigenvalue weighted by Gasteiger charge is -2.25. The largest absolute Gasteiger partial charge is 0.383 e. The van der Waals surface area contributed by atoms with Gasteiger partial charge in [0.1, 0.15) is 0 Å². The van der Waals surface area contributed by atoms with E-state index in [1.807, 2.05) is 12.5 Å². The molecule has 0 bridgehead atoms. The van der Waals surface area contributed by atoms with Crippen molar-refractivity contribution < 1.29 is 4.74 Å². The highest BCUT2D eigenvalue weighted by Gasteiger charge is 2.43. The average molecular weight is 365 g/mol. The number of ether oxygens (including phenoxy) is 1. The third-order valence-corrected chi connectivity index (χ3v) is 5.02. The van der Waals surface area contributed by atoms with Gasteiger partial charge in [-0.15, -0.1) is 24.8 Å². The number of hydrogen-bond acceptors (Lipinski definition) is 4. The zero-order chi connectivity index (χ0) is 14.8. The van der Waals surface area contributed by atoms with E-state index >= 15 is 0 Å². The van der Waals surface area contributed by atoms with Crippen LogP contribution in [0.25, 0.3) is 0 Å². The van der Waals surface area contributed by atoms with Crippen LogP contribution < -0.4 is 0 Å². The molecule has 23 heavy (non-hydrogen) atoms. The van der Waals surface area contributed by atoms with Gasteiger partial charge in [-0.05, 0) is 38.8 Å². The van der Waals surface area contributed by atoms with E-state index in [9.17, 15) is 0 Å². The third kappa shape index (κ3) is 5.07. The molecule has 5 nitrogen and oxygen atoms in total. The standard InChI is InChI=1S/C16H28N4O.2ClH/c1-18(2)16-11-19(10-15(16)13-4-5-13)9-14-8-17-12-20(14)6-7-21-3;;/h8,12-13,15-16H,4-7,9-11H2,1-3H3;2*1H/t15-,16+;;/m1../s1. The Hall–Kier alpha value is -0.330. The molecule has 7 heteroatoms. The monoisotopic (exact) mass is 364 g/mol. The molecule has 134 valence electrons. The van der Waals surface area contributed by atoms with Crippen LogP contribution in [0, 0.1) is 11.8 Å². The fourth-order valence-corrected chi connectivity index (χ4v) is 3.66. The van der Waals surface area contributed by atoms with Crippen LogP contribution in [0.15, 0.2) is 12.5 Å². The third-order valence-electron chi connectivity index (χ3n) is 5.02. The summed E-state index contributed by atoms with van der Waals surface area (Å²) in [7, 11) is 6.21. The van der Waals surface area contributed by atoms with Gasteiger partial charge in [-0.2, -0.15) is 0 Å². The Bertz CT molecular complexity index is 455. The second kappa shape index (κ2) is 9.23. The van der Waals surface area contributed by atoms with Gasteiger partial charge in [-0.25, -0.2) is 4.98 Å². The Morgan fingerprint density at radius 2 is 2.00 bits per heavy atom. The Morgan fingerprint density at radius 3 is 2.61 bits per heavy atom. The van der Waals surface area contributed by atoms with Crippen LogP contribution in [0.4, 0.5) is 0 Å². The van der Waals surface area contributed by atoms with Crippen molar-refractivity contribution in [3.63, 3.8) is 0 Å². The summed E-state index contributed by atoms with van der Waals surface area (Å²) in [6.45, 7) is 5.07. The normalized spacial score (nSPS) is 24.5. The quantitative estimate of drug-likeness (QED) is 0.742. The molecule has 2 atom stereocenters. The lowest BCUT2D eigenvalue weighted by molar-refractivity contribution is 0.184. The second-order valence-electron chi connectivity index (χ2n) is 6.80. The summed E-state index contributed by atoms with van der Waals surface area (Å²) in [6, 6.07) is 0.716. The Morgan fingerprint density at radius 1 is 1.26 bits per heavy atom. The number of aromatic nitrogens is 2. The summed E-state index contributed by atoms with van der Waals surface area (Å²) in [5.74, 6) is 1.83. The number of hydrogen-bond donors (Lipinski definition) is 0. The van der Waals surface area contributed by atoms with E-state index in [-0.39, 0.29) is 24.8 Å². The van der Waals surface area contributed by atoms with Crippen LogP contribution in [0.2, 0.25) is 0 Å². The lowest BCUT2D eigenvalue weighted by atomic mass is 9.97. The molecule has 3 rings (SSSR count). The summed E-state index contributed by atoms with van der Waals surface area (Å²) in [6.07, 6.45) is 6.81. The summed E-state index contributed by atoms with van der Waals surface area (Å²) in [5, 5.41) is 0. The molecule has 1 aliphatic heterocycles. The van der Waals surface area contributed by atoms with Crippen molar-refractivity contribution in [3.8, 4) is 0 Å². The molecular weight excluding hydrogens is 335 g/mol. The Labute approximate surface area is 152 Å². The first kappa shape index (κ1) is 20.7. The van der Waals surface area contributed by atoms with Gasteiger partial charge < -0.3 is 14.2 Å². The first-order valence-corrected chi connectivity index (χ1v) is 8.05. The number of rotatable bonds is 7. The molecule has 1 aromatic rings. The minimum absolute atomic E-state index is 0. The molecule has 2 aliphatic rings. The number of nitrogens with zero attached hydrogens (tertiary/aromatic N) is 4. The molecule has 0 N–H and O–H groups in total. The Balaban J connectivity index is 0.00000132. The van der Waals surface area contributed by atoms with Crippen LogP contribution in [0.5, 0.6) is 0 Å². The second-order valence-corrected chi connectivity index (χ2v) is 6.80. The van der Waals surface area contributed by atoms with Gasteiger partial charge in [0.15, 0.2) is 0 Å². The molecular formula is C16H30Cl2N4O. The van der Waals surface area contributed by atoms with E-state index in [4.69, 9.17) is 4.74 Å². The summed E-state index contributed by atoms with van der Waals surface area (Å²) < 4.78 is 7.40. The van der Waals surface area contributed by atoms with Gasteiger partial charge in [-0.3, -0.25) is 4.90 Å². The maximum Gasteiger partial charge on any atom is 0.0949 e. The fraction of sp³-hybridized carbons (Fsp3) is 0.812. The van der Waals surface area contributed by atoms with Crippen molar-refractivity contribution in [1.82, 2.24) is 19.4 Å². The molecule has 1 saturated heterocycles. The van der Waals surface area contributed by atoms with E-state index in [0.717, 1.165) is 31.5 Å². The van der Waals surface area contributed by atoms with Crippen molar-refractivity contribution in [2.45, 2.75) is 32.0 Å². The maximum absolute atomic E-state index is 5.18. The van der Waals surface area contributed by atoms with E-state index in [2.05, 4.69) is 33.4 Å². The zero-order valence-corrected chi connectivity index (χ0v) is 16.0. The first-order valence-electron chi connectivity index (χ1n) is 8.05. The topological polar surface area (TPSA) is 33.5 Å². The number of methoxy groups -OCH3 is 1. The molecule has 0 aromatic carbocycles. The molecule has 2 fully saturated rings. The first-order chi connectivity index (χ1) is 10.2. The van der Waals surface area contributed by atoms with Gasteiger partial charge in [0.05, 0.1) is 18.6 Å². The predicted octanol–water partition coefficient (Wildman–Crippen LogP) is 2.15. The molecule has 1 saturated carbocycles. The Kier molecular flexibility index (Phi) is 8.31. The SMILES string of the molecule is COCCn1cncc1CN1C[C@H](C2CC2)[C@@H](N(C)C)C1.Cl.Cl. The molecule has 0 spiro atoms. The van der Waals surface area contributed by atoms with E-state index < -0.39 is 0 Å². The van der Waals surface area contributed by atoms with Gasteiger partial charge in [0.2, 0.25) is 0 Å². The van der Waals surface area contributed by atoms with Crippen molar-refractivity contribution >= 4 is 24.8 Å². The van der Waals surface area contributed by atoms with Crippen molar-refractivity contribution in [3.05, 3.63) is 18.2 Å². The average Bonchev–Trinajstić information content (AvgIpc) is 3.07.